The van der Waals surface area contributed by atoms with Crippen LogP contribution in [0.4, 0.5) is 5.69 Å². The highest BCUT2D eigenvalue weighted by atomic mass is 32.2. The lowest BCUT2D eigenvalue weighted by molar-refractivity contribution is -0.161. The third-order valence-electron chi connectivity index (χ3n) is 4.86. The number of sulfone groups is 1. The molecule has 0 spiro atoms. The molecule has 172 valence electrons. The van der Waals surface area contributed by atoms with Crippen molar-refractivity contribution < 1.29 is 22.7 Å². The van der Waals surface area contributed by atoms with Crippen LogP contribution in [-0.2, 0) is 19.4 Å². The van der Waals surface area contributed by atoms with Crippen molar-refractivity contribution in [2.45, 2.75) is 57.2 Å². The summed E-state index contributed by atoms with van der Waals surface area (Å²) in [4.78, 5) is 29.9. The number of esters is 1. The van der Waals surface area contributed by atoms with E-state index in [4.69, 9.17) is 21.9 Å². The molecule has 0 aliphatic carbocycles. The fourth-order valence-electron chi connectivity index (χ4n) is 3.50. The molecule has 1 saturated heterocycles. The van der Waals surface area contributed by atoms with Crippen molar-refractivity contribution in [1.29, 1.82) is 0 Å². The monoisotopic (exact) mass is 453 g/mol. The average molecular weight is 454 g/mol. The first-order valence-electron chi connectivity index (χ1n) is 9.84. The molecule has 6 N–H and O–H groups in total. The van der Waals surface area contributed by atoms with Gasteiger partial charge in [-0.3, -0.25) is 9.59 Å². The molecule has 1 heterocycles. The first kappa shape index (κ1) is 24.6. The zero-order valence-corrected chi connectivity index (χ0v) is 19.3. The zero-order chi connectivity index (χ0) is 23.7. The number of ether oxygens (including phenoxy) is 1. The Balaban J connectivity index is 2.40. The molecule has 1 fully saturated rings. The number of benzene rings is 1. The molecule has 0 bridgehead atoms. The molecule has 1 aliphatic rings. The number of carbonyl (C=O) groups is 2. The number of hydrogen-bond donors (Lipinski definition) is 3. The van der Waals surface area contributed by atoms with Crippen molar-refractivity contribution in [3.05, 3.63) is 23.3 Å². The maximum atomic E-state index is 12.5. The molecule has 1 aromatic rings. The van der Waals surface area contributed by atoms with Gasteiger partial charge in [0.05, 0.1) is 22.7 Å². The van der Waals surface area contributed by atoms with Gasteiger partial charge in [0.15, 0.2) is 15.8 Å². The van der Waals surface area contributed by atoms with Crippen LogP contribution in [0, 0.1) is 12.8 Å². The Hall–Kier alpha value is -2.66. The summed E-state index contributed by atoms with van der Waals surface area (Å²) in [6.07, 6.45) is 1.21. The summed E-state index contributed by atoms with van der Waals surface area (Å²) in [7, 11) is -3.71. The second kappa shape index (κ2) is 8.83. The normalized spacial score (nSPS) is 19.6. The van der Waals surface area contributed by atoms with Gasteiger partial charge in [0.25, 0.3) is 5.91 Å². The lowest BCUT2D eigenvalue weighted by atomic mass is 9.93. The maximum absolute atomic E-state index is 12.5. The van der Waals surface area contributed by atoms with Gasteiger partial charge in [0.2, 0.25) is 0 Å². The Morgan fingerprint density at radius 3 is 2.32 bits per heavy atom. The highest BCUT2D eigenvalue weighted by Crippen LogP contribution is 2.34. The van der Waals surface area contributed by atoms with Crippen LogP contribution in [0.5, 0.6) is 0 Å². The fourth-order valence-corrected chi connectivity index (χ4v) is 4.39. The van der Waals surface area contributed by atoms with Crippen LogP contribution in [0.1, 0.15) is 49.5 Å². The fraction of sp³-hybridized carbons (Fsp3) is 0.550. The lowest BCUT2D eigenvalue weighted by Gasteiger charge is -2.39. The van der Waals surface area contributed by atoms with E-state index in [-0.39, 0.29) is 22.3 Å². The van der Waals surface area contributed by atoms with E-state index in [1.807, 2.05) is 0 Å². The predicted molar refractivity (Wildman–Crippen MR) is 118 cm³/mol. The average Bonchev–Trinajstić information content (AvgIpc) is 2.58. The Morgan fingerprint density at radius 1 is 1.23 bits per heavy atom. The van der Waals surface area contributed by atoms with Crippen LogP contribution in [0.2, 0.25) is 0 Å². The number of anilines is 1. The van der Waals surface area contributed by atoms with Gasteiger partial charge in [-0.05, 0) is 58.2 Å². The van der Waals surface area contributed by atoms with E-state index in [1.54, 1.807) is 38.7 Å². The minimum absolute atomic E-state index is 0.0570. The standard InChI is InChI=1S/C20H31N5O5S/c1-11-8-14(15(31(5,28)29)10-13(11)17(26)24-19(22)23)25-7-6-12(9-16(25)21)18(27)30-20(2,3)4/h8,10,12,16H,6-7,9,21H2,1-5H3,(H4,22,23,24,26). The Labute approximate surface area is 182 Å². The molecule has 10 nitrogen and oxygen atoms in total. The number of nitrogens with zero attached hydrogens (tertiary/aromatic N) is 2. The minimum Gasteiger partial charge on any atom is -0.460 e. The summed E-state index contributed by atoms with van der Waals surface area (Å²) in [5, 5.41) is 0. The molecule has 1 aliphatic heterocycles. The Kier molecular flexibility index (Phi) is 7.01. The molecule has 0 aromatic heterocycles. The van der Waals surface area contributed by atoms with Crippen molar-refractivity contribution in [3.8, 4) is 0 Å². The van der Waals surface area contributed by atoms with Gasteiger partial charge in [-0.1, -0.05) is 0 Å². The SMILES string of the molecule is Cc1cc(N2CCC(C(=O)OC(C)(C)C)CC2N)c(S(C)(=O)=O)cc1C(=O)N=C(N)N. The number of aliphatic imine (C=N–C) groups is 1. The number of rotatable bonds is 4. The number of amides is 1. The molecule has 0 saturated carbocycles. The molecule has 0 radical (unpaired) electrons. The van der Waals surface area contributed by atoms with Crippen molar-refractivity contribution in [2.24, 2.45) is 28.1 Å². The van der Waals surface area contributed by atoms with Crippen LogP contribution in [0.3, 0.4) is 0 Å². The summed E-state index contributed by atoms with van der Waals surface area (Å²) >= 11 is 0. The van der Waals surface area contributed by atoms with E-state index in [1.165, 1.54) is 6.07 Å². The van der Waals surface area contributed by atoms with E-state index in [0.29, 0.717) is 30.6 Å². The van der Waals surface area contributed by atoms with E-state index in [0.717, 1.165) is 6.26 Å². The summed E-state index contributed by atoms with van der Waals surface area (Å²) in [6.45, 7) is 7.41. The summed E-state index contributed by atoms with van der Waals surface area (Å²) in [5.74, 6) is -1.85. The van der Waals surface area contributed by atoms with Crippen molar-refractivity contribution in [1.82, 2.24) is 0 Å². The molecule has 2 rings (SSSR count). The van der Waals surface area contributed by atoms with Gasteiger partial charge < -0.3 is 26.8 Å². The second-order valence-corrected chi connectivity index (χ2v) is 10.7. The number of aryl methyl sites for hydroxylation is 1. The number of hydrogen-bond acceptors (Lipinski definition) is 7. The third-order valence-corrected chi connectivity index (χ3v) is 5.99. The second-order valence-electron chi connectivity index (χ2n) is 8.76. The van der Waals surface area contributed by atoms with E-state index >= 15 is 0 Å². The number of guanidine groups is 1. The molecule has 1 aromatic carbocycles. The van der Waals surface area contributed by atoms with Gasteiger partial charge in [0.1, 0.15) is 5.60 Å². The van der Waals surface area contributed by atoms with Crippen LogP contribution in [0.15, 0.2) is 22.0 Å². The quantitative estimate of drug-likeness (QED) is 0.336. The van der Waals surface area contributed by atoms with Crippen LogP contribution < -0.4 is 22.1 Å². The topological polar surface area (TPSA) is 171 Å². The predicted octanol–water partition coefficient (Wildman–Crippen LogP) is 0.655. The van der Waals surface area contributed by atoms with Crippen LogP contribution in [0.25, 0.3) is 0 Å². The highest BCUT2D eigenvalue weighted by Gasteiger charge is 2.35. The molecule has 1 amide bonds. The summed E-state index contributed by atoms with van der Waals surface area (Å²) in [6, 6.07) is 2.85. The van der Waals surface area contributed by atoms with E-state index in [9.17, 15) is 18.0 Å². The van der Waals surface area contributed by atoms with Gasteiger partial charge >= 0.3 is 5.97 Å². The van der Waals surface area contributed by atoms with Gasteiger partial charge in [0, 0.05) is 18.4 Å². The summed E-state index contributed by atoms with van der Waals surface area (Å²) in [5.41, 5.74) is 17.2. The first-order chi connectivity index (χ1) is 14.1. The molecule has 2 unspecified atom stereocenters. The molecular weight excluding hydrogens is 422 g/mol. The first-order valence-corrected chi connectivity index (χ1v) is 11.7. The largest absolute Gasteiger partial charge is 0.460 e. The molecule has 2 atom stereocenters. The van der Waals surface area contributed by atoms with Crippen LogP contribution in [-0.4, -0.2) is 50.8 Å². The van der Waals surface area contributed by atoms with Crippen molar-refractivity contribution >= 4 is 33.4 Å². The Bertz CT molecular complexity index is 1010. The van der Waals surface area contributed by atoms with Crippen molar-refractivity contribution in [2.75, 3.05) is 17.7 Å². The molecular formula is C20H31N5O5S. The van der Waals surface area contributed by atoms with E-state index in [2.05, 4.69) is 4.99 Å². The van der Waals surface area contributed by atoms with Crippen LogP contribution >= 0.6 is 0 Å². The number of nitrogens with two attached hydrogens (primary N) is 3. The van der Waals surface area contributed by atoms with Crippen molar-refractivity contribution in [3.63, 3.8) is 0 Å². The maximum Gasteiger partial charge on any atom is 0.309 e. The van der Waals surface area contributed by atoms with Gasteiger partial charge in [-0.15, -0.1) is 0 Å². The molecule has 11 heteroatoms. The smallest absolute Gasteiger partial charge is 0.309 e. The van der Waals surface area contributed by atoms with Gasteiger partial charge in [-0.2, -0.15) is 4.99 Å². The third kappa shape index (κ3) is 6.17. The minimum atomic E-state index is -3.71. The van der Waals surface area contributed by atoms with Gasteiger partial charge in [-0.25, -0.2) is 8.42 Å². The number of piperidine rings is 1. The molecule has 31 heavy (non-hydrogen) atoms. The summed E-state index contributed by atoms with van der Waals surface area (Å²) < 4.78 is 30.5. The number of carbonyl (C=O) groups excluding carboxylic acids is 2. The highest BCUT2D eigenvalue weighted by molar-refractivity contribution is 7.90. The zero-order valence-electron chi connectivity index (χ0n) is 18.5. The van der Waals surface area contributed by atoms with E-state index < -0.39 is 33.5 Å². The lowest BCUT2D eigenvalue weighted by Crippen LogP contribution is -2.50. The Morgan fingerprint density at radius 2 is 1.84 bits per heavy atom.